The van der Waals surface area contributed by atoms with Crippen LogP contribution in [0.4, 0.5) is 14.5 Å². The van der Waals surface area contributed by atoms with Crippen molar-refractivity contribution in [2.75, 3.05) is 11.9 Å². The molecule has 0 atom stereocenters. The molecule has 0 fully saturated rings. The van der Waals surface area contributed by atoms with Crippen LogP contribution in [0.15, 0.2) is 42.5 Å². The minimum absolute atomic E-state index is 0.276. The van der Waals surface area contributed by atoms with Gasteiger partial charge in [0.15, 0.2) is 0 Å². The fourth-order valence-electron chi connectivity index (χ4n) is 1.84. The zero-order valence-corrected chi connectivity index (χ0v) is 10.6. The average molecular weight is 277 g/mol. The first-order valence-electron chi connectivity index (χ1n) is 6.08. The molecule has 2 N–H and O–H groups in total. The molecular weight excluding hydrogens is 264 g/mol. The van der Waals surface area contributed by atoms with Crippen molar-refractivity contribution in [1.29, 1.82) is 0 Å². The van der Waals surface area contributed by atoms with Crippen LogP contribution in [-0.4, -0.2) is 17.6 Å². The van der Waals surface area contributed by atoms with Crippen LogP contribution < -0.4 is 5.32 Å². The van der Waals surface area contributed by atoms with E-state index in [-0.39, 0.29) is 11.4 Å². The lowest BCUT2D eigenvalue weighted by Crippen LogP contribution is -2.07. The zero-order chi connectivity index (χ0) is 14.5. The lowest BCUT2D eigenvalue weighted by Gasteiger charge is -2.08. The molecule has 3 nitrogen and oxygen atoms in total. The molecule has 2 aromatic carbocycles. The third-order valence-electron chi connectivity index (χ3n) is 2.88. The summed E-state index contributed by atoms with van der Waals surface area (Å²) in [5, 5.41) is 11.6. The van der Waals surface area contributed by atoms with Gasteiger partial charge in [0.05, 0.1) is 5.56 Å². The standard InChI is InChI=1S/C15H13F2NO2/c16-13-4-2-1-3-10(13)7-8-18-11-5-6-12(15(19)20)14(17)9-11/h1-6,9,18H,7-8H2,(H,19,20). The van der Waals surface area contributed by atoms with Gasteiger partial charge in [-0.15, -0.1) is 0 Å². The molecule has 0 aliphatic heterocycles. The molecule has 0 unspecified atom stereocenters. The number of carbonyl (C=O) groups is 1. The number of carboxylic acid groups (broad SMARTS) is 1. The van der Waals surface area contributed by atoms with Crippen molar-refractivity contribution in [1.82, 2.24) is 0 Å². The first-order valence-corrected chi connectivity index (χ1v) is 6.08. The normalized spacial score (nSPS) is 10.3. The van der Waals surface area contributed by atoms with Crippen molar-refractivity contribution in [3.8, 4) is 0 Å². The van der Waals surface area contributed by atoms with E-state index in [0.717, 1.165) is 6.07 Å². The van der Waals surface area contributed by atoms with E-state index < -0.39 is 11.8 Å². The minimum Gasteiger partial charge on any atom is -0.478 e. The van der Waals surface area contributed by atoms with E-state index in [9.17, 15) is 13.6 Å². The van der Waals surface area contributed by atoms with E-state index in [4.69, 9.17) is 5.11 Å². The molecule has 0 spiro atoms. The second-order valence-corrected chi connectivity index (χ2v) is 4.27. The number of aromatic carboxylic acids is 1. The van der Waals surface area contributed by atoms with Gasteiger partial charge in [-0.25, -0.2) is 13.6 Å². The number of hydrogen-bond donors (Lipinski definition) is 2. The quantitative estimate of drug-likeness (QED) is 0.881. The molecule has 0 aliphatic carbocycles. The SMILES string of the molecule is O=C(O)c1ccc(NCCc2ccccc2F)cc1F. The summed E-state index contributed by atoms with van der Waals surface area (Å²) >= 11 is 0. The summed E-state index contributed by atoms with van der Waals surface area (Å²) in [4.78, 5) is 10.7. The minimum atomic E-state index is -1.31. The predicted octanol–water partition coefficient (Wildman–Crippen LogP) is 3.32. The first-order chi connectivity index (χ1) is 9.58. The summed E-state index contributed by atoms with van der Waals surface area (Å²) in [5.41, 5.74) is 0.663. The van der Waals surface area contributed by atoms with Gasteiger partial charge in [0, 0.05) is 12.2 Å². The van der Waals surface area contributed by atoms with Crippen LogP contribution in [0.3, 0.4) is 0 Å². The molecular formula is C15H13F2NO2. The summed E-state index contributed by atoms with van der Waals surface area (Å²) in [6.45, 7) is 0.423. The molecule has 2 aromatic rings. The maximum atomic E-state index is 13.4. The predicted molar refractivity (Wildman–Crippen MR) is 72.0 cm³/mol. The Hall–Kier alpha value is -2.43. The third kappa shape index (κ3) is 3.32. The topological polar surface area (TPSA) is 49.3 Å². The fourth-order valence-corrected chi connectivity index (χ4v) is 1.84. The molecule has 0 saturated heterocycles. The Morgan fingerprint density at radius 2 is 1.85 bits per heavy atom. The van der Waals surface area contributed by atoms with Gasteiger partial charge in [-0.05, 0) is 36.2 Å². The second-order valence-electron chi connectivity index (χ2n) is 4.27. The molecule has 5 heteroatoms. The highest BCUT2D eigenvalue weighted by Crippen LogP contribution is 2.15. The molecule has 104 valence electrons. The highest BCUT2D eigenvalue weighted by atomic mass is 19.1. The summed E-state index contributed by atoms with van der Waals surface area (Å²) < 4.78 is 26.8. The Kier molecular flexibility index (Phi) is 4.30. The van der Waals surface area contributed by atoms with Gasteiger partial charge in [0.2, 0.25) is 0 Å². The molecule has 0 saturated carbocycles. The largest absolute Gasteiger partial charge is 0.478 e. The molecule has 20 heavy (non-hydrogen) atoms. The van der Waals surface area contributed by atoms with Crippen LogP contribution in [0.2, 0.25) is 0 Å². The second kappa shape index (κ2) is 6.14. The summed E-state index contributed by atoms with van der Waals surface area (Å²) in [7, 11) is 0. The first kappa shape index (κ1) is 14.0. The van der Waals surface area contributed by atoms with Crippen molar-refractivity contribution < 1.29 is 18.7 Å². The maximum Gasteiger partial charge on any atom is 0.338 e. The van der Waals surface area contributed by atoms with Gasteiger partial charge in [-0.1, -0.05) is 18.2 Å². The Balaban J connectivity index is 1.97. The molecule has 0 aromatic heterocycles. The Morgan fingerprint density at radius 1 is 1.10 bits per heavy atom. The monoisotopic (exact) mass is 277 g/mol. The molecule has 0 radical (unpaired) electrons. The Bertz CT molecular complexity index is 629. The molecule has 0 bridgehead atoms. The van der Waals surface area contributed by atoms with Crippen LogP contribution in [0.25, 0.3) is 0 Å². The summed E-state index contributed by atoms with van der Waals surface area (Å²) in [5.74, 6) is -2.38. The van der Waals surface area contributed by atoms with E-state index in [2.05, 4.69) is 5.32 Å². The van der Waals surface area contributed by atoms with E-state index in [0.29, 0.717) is 24.2 Å². The number of anilines is 1. The van der Waals surface area contributed by atoms with E-state index in [1.54, 1.807) is 18.2 Å². The van der Waals surface area contributed by atoms with Gasteiger partial charge >= 0.3 is 5.97 Å². The smallest absolute Gasteiger partial charge is 0.338 e. The van der Waals surface area contributed by atoms with Gasteiger partial charge < -0.3 is 10.4 Å². The lowest BCUT2D eigenvalue weighted by atomic mass is 10.1. The molecule has 0 amide bonds. The number of carboxylic acids is 1. The van der Waals surface area contributed by atoms with Crippen LogP contribution >= 0.6 is 0 Å². The van der Waals surface area contributed by atoms with Crippen molar-refractivity contribution in [2.45, 2.75) is 6.42 Å². The van der Waals surface area contributed by atoms with Crippen molar-refractivity contribution in [2.24, 2.45) is 0 Å². The highest BCUT2D eigenvalue weighted by molar-refractivity contribution is 5.88. The summed E-state index contributed by atoms with van der Waals surface area (Å²) in [6, 6.07) is 10.2. The molecule has 0 aliphatic rings. The van der Waals surface area contributed by atoms with Gasteiger partial charge in [-0.2, -0.15) is 0 Å². The Labute approximate surface area is 114 Å². The molecule has 2 rings (SSSR count). The van der Waals surface area contributed by atoms with Gasteiger partial charge in [0.1, 0.15) is 11.6 Å². The van der Waals surface area contributed by atoms with Gasteiger partial charge in [0.25, 0.3) is 0 Å². The van der Waals surface area contributed by atoms with Crippen LogP contribution in [-0.2, 0) is 6.42 Å². The fraction of sp³-hybridized carbons (Fsp3) is 0.133. The van der Waals surface area contributed by atoms with E-state index >= 15 is 0 Å². The van der Waals surface area contributed by atoms with Crippen molar-refractivity contribution in [3.63, 3.8) is 0 Å². The summed E-state index contributed by atoms with van der Waals surface area (Å²) in [6.07, 6.45) is 0.453. The highest BCUT2D eigenvalue weighted by Gasteiger charge is 2.10. The van der Waals surface area contributed by atoms with Crippen LogP contribution in [0, 0.1) is 11.6 Å². The van der Waals surface area contributed by atoms with E-state index in [1.807, 2.05) is 0 Å². The van der Waals surface area contributed by atoms with Crippen LogP contribution in [0.1, 0.15) is 15.9 Å². The zero-order valence-electron chi connectivity index (χ0n) is 10.6. The van der Waals surface area contributed by atoms with Crippen molar-refractivity contribution in [3.05, 3.63) is 65.2 Å². The third-order valence-corrected chi connectivity index (χ3v) is 2.88. The average Bonchev–Trinajstić information content (AvgIpc) is 2.40. The number of nitrogens with one attached hydrogen (secondary N) is 1. The number of halogens is 2. The maximum absolute atomic E-state index is 13.4. The van der Waals surface area contributed by atoms with Gasteiger partial charge in [-0.3, -0.25) is 0 Å². The number of benzene rings is 2. The van der Waals surface area contributed by atoms with E-state index in [1.165, 1.54) is 18.2 Å². The number of hydrogen-bond acceptors (Lipinski definition) is 2. The van der Waals surface area contributed by atoms with Crippen molar-refractivity contribution >= 4 is 11.7 Å². The van der Waals surface area contributed by atoms with Crippen LogP contribution in [0.5, 0.6) is 0 Å². The number of rotatable bonds is 5. The lowest BCUT2D eigenvalue weighted by molar-refractivity contribution is 0.0692. The molecule has 0 heterocycles. The Morgan fingerprint density at radius 3 is 2.50 bits per heavy atom.